The predicted molar refractivity (Wildman–Crippen MR) is 117 cm³/mol. The molecule has 5 heteroatoms. The molecule has 0 aliphatic carbocycles. The molecule has 0 unspecified atom stereocenters. The lowest BCUT2D eigenvalue weighted by atomic mass is 10.0. The number of rotatable bonds is 6. The summed E-state index contributed by atoms with van der Waals surface area (Å²) < 4.78 is 6.53. The molecule has 0 aliphatic heterocycles. The minimum atomic E-state index is -0.303. The molecule has 28 heavy (non-hydrogen) atoms. The number of ether oxygens (including phenoxy) is 1. The Morgan fingerprint density at radius 1 is 1.00 bits per heavy atom. The molecule has 0 saturated heterocycles. The lowest BCUT2D eigenvalue weighted by Gasteiger charge is -2.09. The van der Waals surface area contributed by atoms with Crippen LogP contribution in [0.15, 0.2) is 82.4 Å². The van der Waals surface area contributed by atoms with E-state index in [9.17, 15) is 4.79 Å². The third-order valence-electron chi connectivity index (χ3n) is 4.25. The molecule has 1 N–H and O–H groups in total. The maximum Gasteiger partial charge on any atom is 0.277 e. The summed E-state index contributed by atoms with van der Waals surface area (Å²) in [7, 11) is 0. The molecule has 4 nitrogen and oxygen atoms in total. The van der Waals surface area contributed by atoms with Crippen molar-refractivity contribution in [2.24, 2.45) is 5.10 Å². The number of nitrogens with zero attached hydrogens (tertiary/aromatic N) is 1. The topological polar surface area (TPSA) is 50.7 Å². The summed E-state index contributed by atoms with van der Waals surface area (Å²) >= 11 is 3.40. The summed E-state index contributed by atoms with van der Waals surface area (Å²) in [6.07, 6.45) is 0. The van der Waals surface area contributed by atoms with Gasteiger partial charge in [-0.15, -0.1) is 0 Å². The Labute approximate surface area is 173 Å². The van der Waals surface area contributed by atoms with Crippen LogP contribution in [0.3, 0.4) is 0 Å². The maximum atomic E-state index is 12.0. The average molecular weight is 437 g/mol. The Kier molecular flexibility index (Phi) is 6.61. The number of carbonyl (C=O) groups is 1. The normalized spacial score (nSPS) is 11.2. The van der Waals surface area contributed by atoms with E-state index in [4.69, 9.17) is 4.74 Å². The van der Waals surface area contributed by atoms with Gasteiger partial charge >= 0.3 is 0 Å². The monoisotopic (exact) mass is 436 g/mol. The van der Waals surface area contributed by atoms with Gasteiger partial charge in [-0.3, -0.25) is 4.79 Å². The summed E-state index contributed by atoms with van der Waals surface area (Å²) in [4.78, 5) is 12.0. The van der Waals surface area contributed by atoms with Crippen LogP contribution in [0, 0.1) is 6.92 Å². The van der Waals surface area contributed by atoms with E-state index in [-0.39, 0.29) is 12.5 Å². The Hall–Kier alpha value is -2.92. The van der Waals surface area contributed by atoms with E-state index in [1.165, 1.54) is 0 Å². The zero-order valence-corrected chi connectivity index (χ0v) is 17.4. The van der Waals surface area contributed by atoms with E-state index in [2.05, 4.69) is 38.6 Å². The first-order valence-electron chi connectivity index (χ1n) is 8.91. The van der Waals surface area contributed by atoms with Crippen LogP contribution in [0.5, 0.6) is 5.75 Å². The van der Waals surface area contributed by atoms with Gasteiger partial charge in [-0.05, 0) is 54.3 Å². The standard InChI is InChI=1S/C23H21BrN2O2/c1-16-14-21(24)12-13-22(16)28-15-23(27)26-25-17(2)18-8-10-20(11-9-18)19-6-4-3-5-7-19/h3-14H,15H2,1-2H3,(H,26,27)/b25-17+. The maximum absolute atomic E-state index is 12.0. The van der Waals surface area contributed by atoms with Crippen molar-refractivity contribution in [3.8, 4) is 16.9 Å². The van der Waals surface area contributed by atoms with E-state index in [0.29, 0.717) is 5.75 Å². The predicted octanol–water partition coefficient (Wildman–Crippen LogP) is 5.34. The molecule has 3 rings (SSSR count). The smallest absolute Gasteiger partial charge is 0.277 e. The fourth-order valence-electron chi connectivity index (χ4n) is 2.70. The van der Waals surface area contributed by atoms with E-state index in [0.717, 1.165) is 32.4 Å². The summed E-state index contributed by atoms with van der Waals surface area (Å²) in [5.41, 5.74) is 7.48. The molecule has 1 amide bonds. The van der Waals surface area contributed by atoms with E-state index >= 15 is 0 Å². The number of hydrogen-bond acceptors (Lipinski definition) is 3. The van der Waals surface area contributed by atoms with Gasteiger partial charge in [0.1, 0.15) is 5.75 Å². The van der Waals surface area contributed by atoms with Crippen LogP contribution in [0.2, 0.25) is 0 Å². The minimum absolute atomic E-state index is 0.0911. The molecule has 3 aromatic rings. The Bertz CT molecular complexity index is 983. The van der Waals surface area contributed by atoms with Crippen molar-refractivity contribution in [2.45, 2.75) is 13.8 Å². The van der Waals surface area contributed by atoms with Crippen LogP contribution in [0.1, 0.15) is 18.1 Å². The summed E-state index contributed by atoms with van der Waals surface area (Å²) in [5, 5.41) is 4.18. The number of amides is 1. The van der Waals surface area contributed by atoms with E-state index in [1.54, 1.807) is 0 Å². The second-order valence-corrected chi connectivity index (χ2v) is 7.29. The molecule has 0 radical (unpaired) electrons. The van der Waals surface area contributed by atoms with Crippen LogP contribution >= 0.6 is 15.9 Å². The van der Waals surface area contributed by atoms with Crippen molar-refractivity contribution in [1.29, 1.82) is 0 Å². The van der Waals surface area contributed by atoms with Gasteiger partial charge < -0.3 is 4.74 Å². The highest BCUT2D eigenvalue weighted by Gasteiger charge is 2.06. The molecule has 0 aliphatic rings. The van der Waals surface area contributed by atoms with Gasteiger partial charge in [0.25, 0.3) is 5.91 Å². The second-order valence-electron chi connectivity index (χ2n) is 6.37. The zero-order chi connectivity index (χ0) is 19.9. The Morgan fingerprint density at radius 2 is 1.68 bits per heavy atom. The highest BCUT2D eigenvalue weighted by molar-refractivity contribution is 9.10. The Balaban J connectivity index is 1.56. The lowest BCUT2D eigenvalue weighted by Crippen LogP contribution is -2.25. The average Bonchev–Trinajstić information content (AvgIpc) is 2.72. The zero-order valence-electron chi connectivity index (χ0n) is 15.8. The molecule has 0 aromatic heterocycles. The van der Waals surface area contributed by atoms with Gasteiger partial charge in [0, 0.05) is 4.47 Å². The molecule has 0 atom stereocenters. The molecule has 0 bridgehead atoms. The first kappa shape index (κ1) is 19.8. The van der Waals surface area contributed by atoms with Crippen molar-refractivity contribution < 1.29 is 9.53 Å². The van der Waals surface area contributed by atoms with Crippen molar-refractivity contribution in [2.75, 3.05) is 6.61 Å². The fourth-order valence-corrected chi connectivity index (χ4v) is 3.17. The summed E-state index contributed by atoms with van der Waals surface area (Å²) in [6.45, 7) is 3.70. The molecule has 142 valence electrons. The molecule has 0 saturated carbocycles. The number of hydrogen-bond donors (Lipinski definition) is 1. The van der Waals surface area contributed by atoms with Crippen LogP contribution in [0.4, 0.5) is 0 Å². The molecular weight excluding hydrogens is 416 g/mol. The van der Waals surface area contributed by atoms with Crippen LogP contribution in [-0.4, -0.2) is 18.2 Å². The molecular formula is C23H21BrN2O2. The first-order chi connectivity index (χ1) is 13.5. The van der Waals surface area contributed by atoms with Gasteiger partial charge in [-0.25, -0.2) is 5.43 Å². The van der Waals surface area contributed by atoms with E-state index < -0.39 is 0 Å². The van der Waals surface area contributed by atoms with Gasteiger partial charge in [0.05, 0.1) is 5.71 Å². The lowest BCUT2D eigenvalue weighted by molar-refractivity contribution is -0.123. The van der Waals surface area contributed by atoms with Crippen molar-refractivity contribution in [3.63, 3.8) is 0 Å². The number of aryl methyl sites for hydroxylation is 1. The second kappa shape index (κ2) is 9.33. The molecule has 3 aromatic carbocycles. The number of halogens is 1. The third-order valence-corrected chi connectivity index (χ3v) is 4.75. The van der Waals surface area contributed by atoms with Crippen LogP contribution in [-0.2, 0) is 4.79 Å². The Morgan fingerprint density at radius 3 is 2.36 bits per heavy atom. The van der Waals surface area contributed by atoms with E-state index in [1.807, 2.05) is 74.5 Å². The summed E-state index contributed by atoms with van der Waals surface area (Å²) in [5.74, 6) is 0.373. The number of benzene rings is 3. The number of carbonyl (C=O) groups excluding carboxylic acids is 1. The van der Waals surface area contributed by atoms with Gasteiger partial charge in [-0.1, -0.05) is 70.5 Å². The van der Waals surface area contributed by atoms with Crippen LogP contribution < -0.4 is 10.2 Å². The molecule has 0 heterocycles. The van der Waals surface area contributed by atoms with Gasteiger partial charge in [0.2, 0.25) is 0 Å². The third kappa shape index (κ3) is 5.30. The largest absolute Gasteiger partial charge is 0.483 e. The highest BCUT2D eigenvalue weighted by atomic mass is 79.9. The van der Waals surface area contributed by atoms with Crippen molar-refractivity contribution >= 4 is 27.5 Å². The molecule has 0 fully saturated rings. The molecule has 0 spiro atoms. The summed E-state index contributed by atoms with van der Waals surface area (Å²) in [6, 6.07) is 23.9. The van der Waals surface area contributed by atoms with Gasteiger partial charge in [-0.2, -0.15) is 5.10 Å². The first-order valence-corrected chi connectivity index (χ1v) is 9.70. The van der Waals surface area contributed by atoms with Crippen molar-refractivity contribution in [1.82, 2.24) is 5.43 Å². The number of nitrogens with one attached hydrogen (secondary N) is 1. The van der Waals surface area contributed by atoms with Gasteiger partial charge in [0.15, 0.2) is 6.61 Å². The fraction of sp³-hybridized carbons (Fsp3) is 0.130. The quantitative estimate of drug-likeness (QED) is 0.418. The van der Waals surface area contributed by atoms with Crippen molar-refractivity contribution in [3.05, 3.63) is 88.4 Å². The number of hydrazone groups is 1. The highest BCUT2D eigenvalue weighted by Crippen LogP contribution is 2.22. The minimum Gasteiger partial charge on any atom is -0.483 e. The SMILES string of the molecule is C/C(=N\NC(=O)COc1ccc(Br)cc1C)c1ccc(-c2ccccc2)cc1. The van der Waals surface area contributed by atoms with Crippen LogP contribution in [0.25, 0.3) is 11.1 Å².